The molecule has 1 aliphatic carbocycles. The topological polar surface area (TPSA) is 66.5 Å². The number of hydrogen-bond donors (Lipinski definition) is 1. The number of rotatable bonds is 5. The van der Waals surface area contributed by atoms with E-state index in [4.69, 9.17) is 0 Å². The fourth-order valence-corrected chi connectivity index (χ4v) is 3.71. The van der Waals surface area contributed by atoms with E-state index >= 15 is 0 Å². The smallest absolute Gasteiger partial charge is 0.239 e. The van der Waals surface area contributed by atoms with E-state index in [0.717, 1.165) is 31.9 Å². The van der Waals surface area contributed by atoms with Crippen molar-refractivity contribution in [2.24, 2.45) is 0 Å². The Labute approximate surface area is 124 Å². The molecular weight excluding hydrogens is 295 g/mol. The maximum absolute atomic E-state index is 13.5. The van der Waals surface area contributed by atoms with Crippen molar-refractivity contribution in [3.8, 4) is 0 Å². The van der Waals surface area contributed by atoms with Crippen molar-refractivity contribution in [3.63, 3.8) is 0 Å². The second-order valence-electron chi connectivity index (χ2n) is 5.27. The molecule has 21 heavy (non-hydrogen) atoms. The monoisotopic (exact) mass is 314 g/mol. The summed E-state index contributed by atoms with van der Waals surface area (Å²) in [5.41, 5.74) is 0.0578. The van der Waals surface area contributed by atoms with Crippen molar-refractivity contribution >= 4 is 21.6 Å². The Morgan fingerprint density at radius 1 is 1.33 bits per heavy atom. The highest BCUT2D eigenvalue weighted by Gasteiger charge is 2.30. The number of amides is 1. The second-order valence-corrected chi connectivity index (χ2v) is 7.21. The summed E-state index contributed by atoms with van der Waals surface area (Å²) in [4.78, 5) is 12.0. The fourth-order valence-electron chi connectivity index (χ4n) is 2.60. The minimum Gasteiger partial charge on any atom is -0.322 e. The van der Waals surface area contributed by atoms with Crippen molar-refractivity contribution in [1.82, 2.24) is 4.31 Å². The van der Waals surface area contributed by atoms with Gasteiger partial charge < -0.3 is 5.32 Å². The number of sulfonamides is 1. The van der Waals surface area contributed by atoms with Crippen LogP contribution in [-0.2, 0) is 14.8 Å². The molecule has 2 rings (SSSR count). The van der Waals surface area contributed by atoms with Gasteiger partial charge in [0.05, 0.1) is 18.5 Å². The van der Waals surface area contributed by atoms with Crippen LogP contribution >= 0.6 is 0 Å². The molecule has 0 aliphatic heterocycles. The SMILES string of the molecule is CS(=O)(=O)N(CC(=O)Nc1ccccc1F)C1CCCC1. The van der Waals surface area contributed by atoms with Crippen molar-refractivity contribution in [2.45, 2.75) is 31.7 Å². The van der Waals surface area contributed by atoms with Crippen LogP contribution in [0.25, 0.3) is 0 Å². The van der Waals surface area contributed by atoms with Crippen molar-refractivity contribution in [3.05, 3.63) is 30.1 Å². The standard InChI is InChI=1S/C14H19FN2O3S/c1-21(19,20)17(11-6-2-3-7-11)10-14(18)16-13-9-5-4-8-12(13)15/h4-5,8-9,11H,2-3,6-7,10H2,1H3,(H,16,18). The highest BCUT2D eigenvalue weighted by atomic mass is 32.2. The van der Waals surface area contributed by atoms with E-state index in [2.05, 4.69) is 5.32 Å². The molecule has 1 amide bonds. The van der Waals surface area contributed by atoms with Gasteiger partial charge in [0.2, 0.25) is 15.9 Å². The molecule has 1 N–H and O–H groups in total. The minimum absolute atomic E-state index is 0.0578. The van der Waals surface area contributed by atoms with Gasteiger partial charge in [-0.25, -0.2) is 12.8 Å². The van der Waals surface area contributed by atoms with Crippen molar-refractivity contribution in [1.29, 1.82) is 0 Å². The molecule has 1 aliphatic rings. The first-order valence-electron chi connectivity index (χ1n) is 6.89. The van der Waals surface area contributed by atoms with Crippen LogP contribution in [0.15, 0.2) is 24.3 Å². The lowest BCUT2D eigenvalue weighted by molar-refractivity contribution is -0.116. The molecule has 5 nitrogen and oxygen atoms in total. The Morgan fingerprint density at radius 2 is 1.95 bits per heavy atom. The molecule has 1 aromatic rings. The molecule has 7 heteroatoms. The summed E-state index contributed by atoms with van der Waals surface area (Å²) in [6, 6.07) is 5.66. The molecule has 0 saturated heterocycles. The zero-order valence-electron chi connectivity index (χ0n) is 11.9. The van der Waals surface area contributed by atoms with E-state index in [0.29, 0.717) is 0 Å². The number of carbonyl (C=O) groups is 1. The number of anilines is 1. The van der Waals surface area contributed by atoms with E-state index < -0.39 is 21.7 Å². The fraction of sp³-hybridized carbons (Fsp3) is 0.500. The van der Waals surface area contributed by atoms with Crippen LogP contribution < -0.4 is 5.32 Å². The van der Waals surface area contributed by atoms with Gasteiger partial charge in [0, 0.05) is 6.04 Å². The van der Waals surface area contributed by atoms with Gasteiger partial charge >= 0.3 is 0 Å². The lowest BCUT2D eigenvalue weighted by Gasteiger charge is -2.25. The van der Waals surface area contributed by atoms with Gasteiger partial charge in [0.15, 0.2) is 0 Å². The van der Waals surface area contributed by atoms with Gasteiger partial charge in [0.1, 0.15) is 5.82 Å². The summed E-state index contributed by atoms with van der Waals surface area (Å²) in [6.07, 6.45) is 4.55. The van der Waals surface area contributed by atoms with E-state index in [1.54, 1.807) is 6.07 Å². The average molecular weight is 314 g/mol. The summed E-state index contributed by atoms with van der Waals surface area (Å²) >= 11 is 0. The van der Waals surface area contributed by atoms with Gasteiger partial charge in [-0.3, -0.25) is 4.79 Å². The van der Waals surface area contributed by atoms with Crippen LogP contribution in [0.1, 0.15) is 25.7 Å². The Hall–Kier alpha value is -1.47. The number of nitrogens with zero attached hydrogens (tertiary/aromatic N) is 1. The molecule has 1 aromatic carbocycles. The summed E-state index contributed by atoms with van der Waals surface area (Å²) < 4.78 is 38.4. The second kappa shape index (κ2) is 6.53. The number of para-hydroxylation sites is 1. The van der Waals surface area contributed by atoms with Gasteiger partial charge in [-0.15, -0.1) is 0 Å². The first-order valence-corrected chi connectivity index (χ1v) is 8.74. The third-order valence-electron chi connectivity index (χ3n) is 3.61. The zero-order chi connectivity index (χ0) is 15.5. The third-order valence-corrected chi connectivity index (χ3v) is 4.88. The largest absolute Gasteiger partial charge is 0.322 e. The van der Waals surface area contributed by atoms with Crippen LogP contribution in [-0.4, -0.2) is 37.5 Å². The highest BCUT2D eigenvalue weighted by Crippen LogP contribution is 2.25. The van der Waals surface area contributed by atoms with Crippen LogP contribution in [0.4, 0.5) is 10.1 Å². The molecule has 0 spiro atoms. The molecular formula is C14H19FN2O3S. The number of halogens is 1. The number of nitrogens with one attached hydrogen (secondary N) is 1. The Balaban J connectivity index is 2.06. The summed E-state index contributed by atoms with van der Waals surface area (Å²) in [5, 5.41) is 2.42. The van der Waals surface area contributed by atoms with Crippen LogP contribution in [0, 0.1) is 5.82 Å². The minimum atomic E-state index is -3.47. The Bertz CT molecular complexity index is 612. The van der Waals surface area contributed by atoms with Crippen LogP contribution in [0.5, 0.6) is 0 Å². The molecule has 1 saturated carbocycles. The average Bonchev–Trinajstić information content (AvgIpc) is 2.91. The highest BCUT2D eigenvalue weighted by molar-refractivity contribution is 7.88. The zero-order valence-corrected chi connectivity index (χ0v) is 12.7. The van der Waals surface area contributed by atoms with Gasteiger partial charge in [0.25, 0.3) is 0 Å². The van der Waals surface area contributed by atoms with Crippen LogP contribution in [0.2, 0.25) is 0 Å². The molecule has 0 atom stereocenters. The third kappa shape index (κ3) is 4.25. The molecule has 0 unspecified atom stereocenters. The molecule has 0 aromatic heterocycles. The van der Waals surface area contributed by atoms with E-state index in [1.165, 1.54) is 22.5 Å². The van der Waals surface area contributed by atoms with Gasteiger partial charge in [-0.05, 0) is 25.0 Å². The summed E-state index contributed by atoms with van der Waals surface area (Å²) in [6.45, 7) is -0.280. The Morgan fingerprint density at radius 3 is 2.52 bits per heavy atom. The first-order chi connectivity index (χ1) is 9.88. The summed E-state index contributed by atoms with van der Waals surface area (Å²) in [7, 11) is -3.47. The van der Waals surface area contributed by atoms with E-state index in [9.17, 15) is 17.6 Å². The Kier molecular flexibility index (Phi) is 4.95. The van der Waals surface area contributed by atoms with Gasteiger partial charge in [-0.2, -0.15) is 4.31 Å². The maximum atomic E-state index is 13.5. The first kappa shape index (κ1) is 15.9. The molecule has 0 heterocycles. The normalized spacial score (nSPS) is 16.3. The van der Waals surface area contributed by atoms with Crippen molar-refractivity contribution < 1.29 is 17.6 Å². The molecule has 116 valence electrons. The van der Waals surface area contributed by atoms with Crippen LogP contribution in [0.3, 0.4) is 0 Å². The quantitative estimate of drug-likeness (QED) is 0.903. The predicted molar refractivity (Wildman–Crippen MR) is 78.8 cm³/mol. The lowest BCUT2D eigenvalue weighted by Crippen LogP contribution is -2.43. The van der Waals surface area contributed by atoms with Crippen molar-refractivity contribution in [2.75, 3.05) is 18.1 Å². The molecule has 0 radical (unpaired) electrons. The van der Waals surface area contributed by atoms with E-state index in [1.807, 2.05) is 0 Å². The number of hydrogen-bond acceptors (Lipinski definition) is 3. The lowest BCUT2D eigenvalue weighted by atomic mass is 10.2. The molecule has 0 bridgehead atoms. The summed E-state index contributed by atoms with van der Waals surface area (Å²) in [5.74, 6) is -1.07. The predicted octanol–water partition coefficient (Wildman–Crippen LogP) is 1.97. The maximum Gasteiger partial charge on any atom is 0.239 e. The number of benzene rings is 1. The number of carbonyl (C=O) groups excluding carboxylic acids is 1. The van der Waals surface area contributed by atoms with Gasteiger partial charge in [-0.1, -0.05) is 25.0 Å². The molecule has 1 fully saturated rings. The van der Waals surface area contributed by atoms with E-state index in [-0.39, 0.29) is 18.3 Å².